The van der Waals surface area contributed by atoms with Gasteiger partial charge in [-0.25, -0.2) is 0 Å². The van der Waals surface area contributed by atoms with Gasteiger partial charge in [-0.05, 0) is 57.9 Å². The summed E-state index contributed by atoms with van der Waals surface area (Å²) in [6.07, 6.45) is 0.0799. The van der Waals surface area contributed by atoms with Crippen molar-refractivity contribution in [2.75, 3.05) is 13.7 Å². The van der Waals surface area contributed by atoms with Crippen molar-refractivity contribution < 1.29 is 19.1 Å². The third-order valence-corrected chi connectivity index (χ3v) is 3.97. The molecule has 0 radical (unpaired) electrons. The minimum atomic E-state index is -0.468. The van der Waals surface area contributed by atoms with Crippen LogP contribution in [-0.4, -0.2) is 25.5 Å². The van der Waals surface area contributed by atoms with Crippen LogP contribution < -0.4 is 4.74 Å². The van der Waals surface area contributed by atoms with Gasteiger partial charge >= 0.3 is 5.97 Å². The average molecular weight is 398 g/mol. The Bertz CT molecular complexity index is 713. The van der Waals surface area contributed by atoms with Gasteiger partial charge in [-0.15, -0.1) is 0 Å². The van der Waals surface area contributed by atoms with Crippen molar-refractivity contribution in [3.8, 4) is 5.75 Å². The van der Waals surface area contributed by atoms with E-state index in [1.165, 1.54) is 0 Å². The van der Waals surface area contributed by atoms with Gasteiger partial charge in [0.25, 0.3) is 0 Å². The molecule has 0 aliphatic heterocycles. The summed E-state index contributed by atoms with van der Waals surface area (Å²) in [7, 11) is 1.57. The number of carbonyl (C=O) groups is 2. The predicted molar refractivity (Wildman–Crippen MR) is 91.1 cm³/mol. The van der Waals surface area contributed by atoms with Gasteiger partial charge in [-0.1, -0.05) is 17.7 Å². The zero-order valence-corrected chi connectivity index (χ0v) is 14.7. The summed E-state index contributed by atoms with van der Waals surface area (Å²) < 4.78 is 10.9. The summed E-state index contributed by atoms with van der Waals surface area (Å²) >= 11 is 9.11. The maximum absolute atomic E-state index is 11.9. The topological polar surface area (TPSA) is 52.6 Å². The maximum Gasteiger partial charge on any atom is 0.310 e. The zero-order valence-electron chi connectivity index (χ0n) is 12.3. The Balaban J connectivity index is 1.88. The number of hydrogen-bond donors (Lipinski definition) is 0. The van der Waals surface area contributed by atoms with Gasteiger partial charge in [-0.2, -0.15) is 0 Å². The van der Waals surface area contributed by atoms with E-state index in [1.54, 1.807) is 49.6 Å². The molecule has 0 bridgehead atoms. The van der Waals surface area contributed by atoms with E-state index in [0.717, 1.165) is 10.0 Å². The van der Waals surface area contributed by atoms with Gasteiger partial charge in [0.15, 0.2) is 12.4 Å². The largest absolute Gasteiger partial charge is 0.496 e. The number of ether oxygens (including phenoxy) is 2. The molecule has 0 saturated heterocycles. The molecule has 0 atom stereocenters. The van der Waals surface area contributed by atoms with E-state index < -0.39 is 5.97 Å². The highest BCUT2D eigenvalue weighted by molar-refractivity contribution is 9.10. The maximum atomic E-state index is 11.9. The molecule has 0 aliphatic carbocycles. The minimum Gasteiger partial charge on any atom is -0.496 e. The number of rotatable bonds is 6. The van der Waals surface area contributed by atoms with Crippen molar-refractivity contribution in [2.45, 2.75) is 6.42 Å². The second kappa shape index (κ2) is 8.13. The van der Waals surface area contributed by atoms with Gasteiger partial charge in [0.1, 0.15) is 5.75 Å². The van der Waals surface area contributed by atoms with Gasteiger partial charge in [0, 0.05) is 10.6 Å². The van der Waals surface area contributed by atoms with Crippen LogP contribution in [0, 0.1) is 0 Å². The van der Waals surface area contributed by atoms with E-state index in [0.29, 0.717) is 16.3 Å². The van der Waals surface area contributed by atoms with E-state index in [-0.39, 0.29) is 18.8 Å². The Morgan fingerprint density at radius 1 is 1.13 bits per heavy atom. The van der Waals surface area contributed by atoms with E-state index in [2.05, 4.69) is 15.9 Å². The third-order valence-electron chi connectivity index (χ3n) is 3.10. The standard InChI is InChI=1S/C17H14BrClO4/c1-22-16-7-2-11(8-14(16)18)9-17(21)23-10-15(20)12-3-5-13(19)6-4-12/h2-8H,9-10H2,1H3. The van der Waals surface area contributed by atoms with Gasteiger partial charge < -0.3 is 9.47 Å². The van der Waals surface area contributed by atoms with Crippen LogP contribution in [0.2, 0.25) is 5.02 Å². The molecule has 0 saturated carbocycles. The molecule has 6 heteroatoms. The number of ketones is 1. The minimum absolute atomic E-state index is 0.0799. The second-order valence-electron chi connectivity index (χ2n) is 4.74. The number of carbonyl (C=O) groups excluding carboxylic acids is 2. The average Bonchev–Trinajstić information content (AvgIpc) is 2.53. The Kier molecular flexibility index (Phi) is 6.19. The van der Waals surface area contributed by atoms with Crippen LogP contribution >= 0.6 is 27.5 Å². The Labute approximate surface area is 147 Å². The molecule has 2 aromatic rings. The first-order valence-corrected chi connectivity index (χ1v) is 7.93. The fourth-order valence-electron chi connectivity index (χ4n) is 1.90. The molecule has 120 valence electrons. The summed E-state index contributed by atoms with van der Waals surface area (Å²) in [4.78, 5) is 23.7. The molecular formula is C17H14BrClO4. The number of benzene rings is 2. The van der Waals surface area contributed by atoms with Crippen LogP contribution in [0.5, 0.6) is 5.75 Å². The molecule has 4 nitrogen and oxygen atoms in total. The lowest BCUT2D eigenvalue weighted by Gasteiger charge is -2.07. The van der Waals surface area contributed by atoms with E-state index >= 15 is 0 Å². The summed E-state index contributed by atoms with van der Waals surface area (Å²) in [5.41, 5.74) is 1.22. The molecule has 2 rings (SSSR count). The van der Waals surface area contributed by atoms with Crippen LogP contribution in [0.3, 0.4) is 0 Å². The lowest BCUT2D eigenvalue weighted by molar-refractivity contribution is -0.141. The molecule has 0 aliphatic rings. The fraction of sp³-hybridized carbons (Fsp3) is 0.176. The highest BCUT2D eigenvalue weighted by atomic mass is 79.9. The molecule has 0 heterocycles. The summed E-state index contributed by atoms with van der Waals surface area (Å²) in [6.45, 7) is -0.294. The smallest absolute Gasteiger partial charge is 0.310 e. The monoisotopic (exact) mass is 396 g/mol. The highest BCUT2D eigenvalue weighted by Gasteiger charge is 2.11. The van der Waals surface area contributed by atoms with E-state index in [1.807, 2.05) is 0 Å². The first-order chi connectivity index (χ1) is 11.0. The Morgan fingerprint density at radius 2 is 1.83 bits per heavy atom. The summed E-state index contributed by atoms with van der Waals surface area (Å²) in [5, 5.41) is 0.545. The molecule has 0 amide bonds. The van der Waals surface area contributed by atoms with Crippen LogP contribution in [0.1, 0.15) is 15.9 Å². The molecule has 0 N–H and O–H groups in total. The SMILES string of the molecule is COc1ccc(CC(=O)OCC(=O)c2ccc(Cl)cc2)cc1Br. The van der Waals surface area contributed by atoms with E-state index in [4.69, 9.17) is 21.1 Å². The normalized spacial score (nSPS) is 10.2. The van der Waals surface area contributed by atoms with E-state index in [9.17, 15) is 9.59 Å². The van der Waals surface area contributed by atoms with Gasteiger partial charge in [-0.3, -0.25) is 9.59 Å². The Hall–Kier alpha value is -1.85. The quantitative estimate of drug-likeness (QED) is 0.544. The van der Waals surface area contributed by atoms with Gasteiger partial charge in [0.2, 0.25) is 0 Å². The number of hydrogen-bond acceptors (Lipinski definition) is 4. The van der Waals surface area contributed by atoms with Crippen molar-refractivity contribution in [3.63, 3.8) is 0 Å². The first-order valence-electron chi connectivity index (χ1n) is 6.76. The lowest BCUT2D eigenvalue weighted by Crippen LogP contribution is -2.15. The molecule has 23 heavy (non-hydrogen) atoms. The molecule has 0 fully saturated rings. The van der Waals surface area contributed by atoms with Crippen LogP contribution in [0.15, 0.2) is 46.9 Å². The predicted octanol–water partition coefficient (Wildman–Crippen LogP) is 4.08. The molecular weight excluding hydrogens is 384 g/mol. The van der Waals surface area contributed by atoms with Crippen molar-refractivity contribution in [1.29, 1.82) is 0 Å². The van der Waals surface area contributed by atoms with Crippen molar-refractivity contribution in [1.82, 2.24) is 0 Å². The molecule has 0 spiro atoms. The van der Waals surface area contributed by atoms with Crippen LogP contribution in [0.4, 0.5) is 0 Å². The number of Topliss-reactive ketones (excluding diaryl/α,β-unsaturated/α-hetero) is 1. The Morgan fingerprint density at radius 3 is 2.43 bits per heavy atom. The summed E-state index contributed by atoms with van der Waals surface area (Å²) in [5.74, 6) is -0.0599. The molecule has 0 unspecified atom stereocenters. The van der Waals surface area contributed by atoms with Crippen molar-refractivity contribution >= 4 is 39.3 Å². The van der Waals surface area contributed by atoms with Crippen molar-refractivity contribution in [3.05, 3.63) is 63.1 Å². The molecule has 0 aromatic heterocycles. The fourth-order valence-corrected chi connectivity index (χ4v) is 2.62. The zero-order chi connectivity index (χ0) is 16.8. The second-order valence-corrected chi connectivity index (χ2v) is 6.03. The number of methoxy groups -OCH3 is 1. The highest BCUT2D eigenvalue weighted by Crippen LogP contribution is 2.25. The summed E-state index contributed by atoms with van der Waals surface area (Å²) in [6, 6.07) is 11.7. The first kappa shape index (κ1) is 17.5. The lowest BCUT2D eigenvalue weighted by atomic mass is 10.1. The third kappa shape index (κ3) is 5.08. The van der Waals surface area contributed by atoms with Crippen LogP contribution in [0.25, 0.3) is 0 Å². The number of halogens is 2. The van der Waals surface area contributed by atoms with Crippen LogP contribution in [-0.2, 0) is 16.0 Å². The molecule has 2 aromatic carbocycles. The van der Waals surface area contributed by atoms with Crippen molar-refractivity contribution in [2.24, 2.45) is 0 Å². The van der Waals surface area contributed by atoms with Gasteiger partial charge in [0.05, 0.1) is 18.0 Å². The number of esters is 1.